The number of halogens is 4. The summed E-state index contributed by atoms with van der Waals surface area (Å²) in [6, 6.07) is 5.44. The van der Waals surface area contributed by atoms with Crippen LogP contribution in [0.5, 0.6) is 11.5 Å². The number of likely N-dealkylation sites (N-methyl/N-ethyl adjacent to an activating group) is 1. The number of aliphatic hydroxyl groups excluding tert-OH is 1. The van der Waals surface area contributed by atoms with Gasteiger partial charge in [-0.25, -0.2) is 0 Å². The molecule has 1 fully saturated rings. The molecule has 1 aliphatic rings. The van der Waals surface area contributed by atoms with Crippen LogP contribution in [-0.2, 0) is 11.0 Å². The number of hydrogen-bond acceptors (Lipinski definition) is 6. The quantitative estimate of drug-likeness (QED) is 0.297. The van der Waals surface area contributed by atoms with E-state index in [1.54, 1.807) is 6.92 Å². The first-order chi connectivity index (χ1) is 14.5. The van der Waals surface area contributed by atoms with Crippen molar-refractivity contribution >= 4 is 28.9 Å². The van der Waals surface area contributed by atoms with Crippen LogP contribution in [-0.4, -0.2) is 34.0 Å². The van der Waals surface area contributed by atoms with Crippen LogP contribution in [0.3, 0.4) is 0 Å². The Kier molecular flexibility index (Phi) is 5.72. The van der Waals surface area contributed by atoms with E-state index in [2.05, 4.69) is 0 Å². The van der Waals surface area contributed by atoms with Gasteiger partial charge in [-0.15, -0.1) is 0 Å². The second-order valence-electron chi connectivity index (χ2n) is 6.59. The minimum atomic E-state index is -4.58. The molecule has 3 rings (SSSR count). The van der Waals surface area contributed by atoms with Gasteiger partial charge < -0.3 is 9.84 Å². The van der Waals surface area contributed by atoms with Crippen molar-refractivity contribution in [1.82, 2.24) is 5.01 Å². The molecule has 2 aromatic carbocycles. The maximum atomic E-state index is 12.8. The number of alkyl halides is 3. The van der Waals surface area contributed by atoms with Crippen LogP contribution in [0, 0.1) is 10.1 Å². The number of rotatable bonds is 4. The van der Waals surface area contributed by atoms with E-state index in [9.17, 15) is 33.2 Å². The fourth-order valence-electron chi connectivity index (χ4n) is 3.18. The Bertz CT molecular complexity index is 1090. The van der Waals surface area contributed by atoms with Crippen LogP contribution in [0.25, 0.3) is 0 Å². The van der Waals surface area contributed by atoms with Gasteiger partial charge in [-0.2, -0.15) is 13.2 Å². The largest absolute Gasteiger partial charge is 0.515 e. The van der Waals surface area contributed by atoms with Crippen molar-refractivity contribution in [2.75, 3.05) is 12.1 Å². The maximum Gasteiger partial charge on any atom is 0.416 e. The molecule has 0 radical (unpaired) electrons. The number of anilines is 1. The van der Waals surface area contributed by atoms with Gasteiger partial charge in [0, 0.05) is 19.2 Å². The zero-order chi connectivity index (χ0) is 23.1. The Morgan fingerprint density at radius 1 is 1.26 bits per heavy atom. The number of benzene rings is 2. The standard InChI is InChI=1S/C19H15ClF3N3O5/c1-10-13(9-27)18(28)24(2)25(10)16-8-12(4-5-15(16)26(29)30)31-17-6-3-11(7-14(17)20)19(21,22)23/h3-10,27H,1-2H3/b13-9+. The Hall–Kier alpha value is -3.47. The summed E-state index contributed by atoms with van der Waals surface area (Å²) in [5.41, 5.74) is -1.31. The average Bonchev–Trinajstić information content (AvgIpc) is 2.90. The lowest BCUT2D eigenvalue weighted by atomic mass is 10.1. The summed E-state index contributed by atoms with van der Waals surface area (Å²) < 4.78 is 44.0. The Morgan fingerprint density at radius 3 is 2.45 bits per heavy atom. The Morgan fingerprint density at radius 2 is 1.94 bits per heavy atom. The molecule has 0 saturated carbocycles. The van der Waals surface area contributed by atoms with Crippen LogP contribution >= 0.6 is 11.6 Å². The zero-order valence-electron chi connectivity index (χ0n) is 16.1. The van der Waals surface area contributed by atoms with Crippen molar-refractivity contribution in [2.24, 2.45) is 0 Å². The molecule has 12 heteroatoms. The van der Waals surface area contributed by atoms with E-state index in [1.807, 2.05) is 0 Å². The van der Waals surface area contributed by atoms with E-state index >= 15 is 0 Å². The third-order valence-corrected chi connectivity index (χ3v) is 4.99. The third kappa shape index (κ3) is 4.08. The van der Waals surface area contributed by atoms with Gasteiger partial charge in [-0.3, -0.25) is 24.9 Å². The van der Waals surface area contributed by atoms with Gasteiger partial charge in [0.1, 0.15) is 17.2 Å². The van der Waals surface area contributed by atoms with Gasteiger partial charge in [-0.05, 0) is 31.2 Å². The van der Waals surface area contributed by atoms with Crippen LogP contribution in [0.1, 0.15) is 12.5 Å². The lowest BCUT2D eigenvalue weighted by Crippen LogP contribution is -2.39. The predicted octanol–water partition coefficient (Wildman–Crippen LogP) is 5.08. The first kappa shape index (κ1) is 22.2. The van der Waals surface area contributed by atoms with Gasteiger partial charge in [0.2, 0.25) is 0 Å². The highest BCUT2D eigenvalue weighted by Crippen LogP contribution is 2.41. The fraction of sp³-hybridized carbons (Fsp3) is 0.211. The number of nitro groups is 1. The molecule has 8 nitrogen and oxygen atoms in total. The number of hydrazine groups is 1. The Labute approximate surface area is 178 Å². The molecule has 164 valence electrons. The molecule has 1 atom stereocenters. The highest BCUT2D eigenvalue weighted by molar-refractivity contribution is 6.32. The number of aliphatic hydroxyl groups is 1. The van der Waals surface area contributed by atoms with Gasteiger partial charge in [-0.1, -0.05) is 11.6 Å². The van der Waals surface area contributed by atoms with Crippen molar-refractivity contribution in [3.63, 3.8) is 0 Å². The second-order valence-corrected chi connectivity index (χ2v) is 6.99. The van der Waals surface area contributed by atoms with Gasteiger partial charge >= 0.3 is 6.18 Å². The molecule has 0 aliphatic carbocycles. The van der Waals surface area contributed by atoms with Gasteiger partial charge in [0.25, 0.3) is 11.6 Å². The van der Waals surface area contributed by atoms with Crippen molar-refractivity contribution < 1.29 is 32.7 Å². The van der Waals surface area contributed by atoms with Crippen LogP contribution in [0.2, 0.25) is 5.02 Å². The summed E-state index contributed by atoms with van der Waals surface area (Å²) >= 11 is 5.91. The zero-order valence-corrected chi connectivity index (χ0v) is 16.8. The predicted molar refractivity (Wildman–Crippen MR) is 105 cm³/mol. The number of amides is 1. The molecule has 2 aromatic rings. The highest BCUT2D eigenvalue weighted by atomic mass is 35.5. The van der Waals surface area contributed by atoms with Crippen LogP contribution in [0.4, 0.5) is 24.5 Å². The van der Waals surface area contributed by atoms with E-state index < -0.39 is 28.6 Å². The summed E-state index contributed by atoms with van der Waals surface area (Å²) in [6.45, 7) is 1.56. The first-order valence-corrected chi connectivity index (χ1v) is 9.08. The summed E-state index contributed by atoms with van der Waals surface area (Å²) in [7, 11) is 1.37. The average molecular weight is 458 g/mol. The summed E-state index contributed by atoms with van der Waals surface area (Å²) in [5.74, 6) is -0.609. The van der Waals surface area contributed by atoms with E-state index in [0.29, 0.717) is 12.3 Å². The Balaban J connectivity index is 2.02. The van der Waals surface area contributed by atoms with Crippen molar-refractivity contribution in [3.05, 3.63) is 68.9 Å². The number of nitro benzene ring substituents is 1. The lowest BCUT2D eigenvalue weighted by molar-refractivity contribution is -0.384. The third-order valence-electron chi connectivity index (χ3n) is 4.70. The van der Waals surface area contributed by atoms with E-state index in [-0.39, 0.29) is 33.5 Å². The smallest absolute Gasteiger partial charge is 0.416 e. The van der Waals surface area contributed by atoms with Crippen LogP contribution < -0.4 is 9.75 Å². The monoisotopic (exact) mass is 457 g/mol. The number of ether oxygens (including phenoxy) is 1. The van der Waals surface area contributed by atoms with Crippen LogP contribution in [0.15, 0.2) is 48.2 Å². The second kappa shape index (κ2) is 7.99. The highest BCUT2D eigenvalue weighted by Gasteiger charge is 2.41. The topological polar surface area (TPSA) is 96.2 Å². The summed E-state index contributed by atoms with van der Waals surface area (Å²) in [6.07, 6.45) is -3.94. The van der Waals surface area contributed by atoms with Gasteiger partial charge in [0.05, 0.1) is 33.4 Å². The molecule has 1 N–H and O–H groups in total. The summed E-state index contributed by atoms with van der Waals surface area (Å²) in [4.78, 5) is 23.2. The molecular formula is C19H15ClF3N3O5. The molecule has 0 bridgehead atoms. The number of nitrogens with zero attached hydrogens (tertiary/aromatic N) is 3. The lowest BCUT2D eigenvalue weighted by Gasteiger charge is -2.29. The maximum absolute atomic E-state index is 12.8. The van der Waals surface area contributed by atoms with E-state index in [0.717, 1.165) is 23.2 Å². The molecule has 1 unspecified atom stereocenters. The van der Waals surface area contributed by atoms with Gasteiger partial charge in [0.15, 0.2) is 0 Å². The molecule has 0 spiro atoms. The minimum absolute atomic E-state index is 0.0221. The molecule has 1 heterocycles. The van der Waals surface area contributed by atoms with Crippen molar-refractivity contribution in [3.8, 4) is 11.5 Å². The molecular weight excluding hydrogens is 443 g/mol. The fourth-order valence-corrected chi connectivity index (χ4v) is 3.40. The number of hydrogen-bond donors (Lipinski definition) is 1. The molecule has 1 amide bonds. The van der Waals surface area contributed by atoms with E-state index in [4.69, 9.17) is 16.3 Å². The first-order valence-electron chi connectivity index (χ1n) is 8.70. The summed E-state index contributed by atoms with van der Waals surface area (Å²) in [5, 5.41) is 23.0. The molecule has 1 aliphatic heterocycles. The number of carbonyl (C=O) groups is 1. The number of carbonyl (C=O) groups excluding carboxylic acids is 1. The molecule has 0 aromatic heterocycles. The normalized spacial score (nSPS) is 18.1. The minimum Gasteiger partial charge on any atom is -0.515 e. The van der Waals surface area contributed by atoms with E-state index in [1.165, 1.54) is 24.2 Å². The molecule has 31 heavy (non-hydrogen) atoms. The van der Waals surface area contributed by atoms with Crippen molar-refractivity contribution in [1.29, 1.82) is 0 Å². The SMILES string of the molecule is CC1/C(=C\O)C(=O)N(C)N1c1cc(Oc2ccc(C(F)(F)F)cc2Cl)ccc1[N+](=O)[O-]. The molecule has 1 saturated heterocycles. The van der Waals surface area contributed by atoms with Crippen molar-refractivity contribution in [2.45, 2.75) is 19.1 Å².